The van der Waals surface area contributed by atoms with Crippen molar-refractivity contribution in [2.45, 2.75) is 13.5 Å². The predicted molar refractivity (Wildman–Crippen MR) is 78.2 cm³/mol. The van der Waals surface area contributed by atoms with Gasteiger partial charge in [-0.15, -0.1) is 0 Å². The van der Waals surface area contributed by atoms with Crippen LogP contribution in [0.25, 0.3) is 0 Å². The van der Waals surface area contributed by atoms with E-state index in [1.165, 1.54) is 13.0 Å². The second-order valence-corrected chi connectivity index (χ2v) is 4.52. The summed E-state index contributed by atoms with van der Waals surface area (Å²) in [5.41, 5.74) is 1.47. The number of benzene rings is 2. The quantitative estimate of drug-likeness (QED) is 0.465. The molecule has 0 aliphatic rings. The second kappa shape index (κ2) is 7.36. The number of hydrogen-bond donors (Lipinski definition) is 0. The topological polar surface area (TPSA) is 52.6 Å². The molecule has 2 aromatic rings. The van der Waals surface area contributed by atoms with Crippen molar-refractivity contribution in [3.05, 3.63) is 65.7 Å². The molecule has 0 saturated heterocycles. The molecule has 0 aliphatic heterocycles. The fourth-order valence-corrected chi connectivity index (χ4v) is 1.82. The van der Waals surface area contributed by atoms with Gasteiger partial charge in [-0.3, -0.25) is 9.59 Å². The van der Waals surface area contributed by atoms with Gasteiger partial charge in [-0.1, -0.05) is 42.5 Å². The zero-order chi connectivity index (χ0) is 15.1. The summed E-state index contributed by atoms with van der Waals surface area (Å²) < 4.78 is 10.3. The number of carbonyl (C=O) groups excluding carboxylic acids is 2. The first kappa shape index (κ1) is 14.9. The van der Waals surface area contributed by atoms with Gasteiger partial charge in [0, 0.05) is 12.5 Å². The minimum Gasteiger partial charge on any atom is -0.427 e. The van der Waals surface area contributed by atoms with Crippen molar-refractivity contribution in [1.82, 2.24) is 0 Å². The highest BCUT2D eigenvalue weighted by molar-refractivity contribution is 5.97. The monoisotopic (exact) mass is 284 g/mol. The van der Waals surface area contributed by atoms with Gasteiger partial charge in [0.25, 0.3) is 0 Å². The van der Waals surface area contributed by atoms with Crippen molar-refractivity contribution in [2.24, 2.45) is 0 Å². The maximum atomic E-state index is 12.0. The summed E-state index contributed by atoms with van der Waals surface area (Å²) in [4.78, 5) is 22.9. The summed E-state index contributed by atoms with van der Waals surface area (Å²) in [7, 11) is 0. The Balaban J connectivity index is 1.89. The van der Waals surface area contributed by atoms with Crippen LogP contribution in [0, 0.1) is 0 Å². The van der Waals surface area contributed by atoms with Gasteiger partial charge in [0.1, 0.15) is 12.4 Å². The highest BCUT2D eigenvalue weighted by Gasteiger charge is 2.08. The van der Waals surface area contributed by atoms with E-state index in [0.29, 0.717) is 17.9 Å². The van der Waals surface area contributed by atoms with Crippen molar-refractivity contribution in [3.8, 4) is 5.75 Å². The molecule has 0 atom stereocenters. The van der Waals surface area contributed by atoms with Gasteiger partial charge in [-0.2, -0.15) is 0 Å². The van der Waals surface area contributed by atoms with E-state index in [1.807, 2.05) is 30.3 Å². The molecule has 0 aliphatic carbocycles. The Bertz CT molecular complexity index is 620. The van der Waals surface area contributed by atoms with Gasteiger partial charge in [-0.05, 0) is 17.7 Å². The lowest BCUT2D eigenvalue weighted by Gasteiger charge is -2.06. The van der Waals surface area contributed by atoms with Crippen LogP contribution < -0.4 is 4.74 Å². The molecule has 0 heterocycles. The van der Waals surface area contributed by atoms with Crippen LogP contribution >= 0.6 is 0 Å². The molecule has 0 unspecified atom stereocenters. The van der Waals surface area contributed by atoms with Gasteiger partial charge in [0.05, 0.1) is 6.61 Å². The van der Waals surface area contributed by atoms with Crippen LogP contribution in [-0.2, 0) is 16.1 Å². The molecule has 108 valence electrons. The highest BCUT2D eigenvalue weighted by atomic mass is 16.5. The maximum absolute atomic E-state index is 12.0. The first-order valence-corrected chi connectivity index (χ1v) is 6.58. The van der Waals surface area contributed by atoms with Crippen molar-refractivity contribution in [1.29, 1.82) is 0 Å². The van der Waals surface area contributed by atoms with Gasteiger partial charge < -0.3 is 9.47 Å². The average molecular weight is 284 g/mol. The molecule has 4 nitrogen and oxygen atoms in total. The summed E-state index contributed by atoms with van der Waals surface area (Å²) in [5.74, 6) is -0.212. The number of ether oxygens (including phenoxy) is 2. The summed E-state index contributed by atoms with van der Waals surface area (Å²) in [6, 6.07) is 16.1. The Morgan fingerprint density at radius 2 is 1.76 bits per heavy atom. The lowest BCUT2D eigenvalue weighted by Crippen LogP contribution is -2.10. The molecule has 4 heteroatoms. The SMILES string of the molecule is CC(=O)Oc1cccc(C(=O)COCc2ccccc2)c1. The van der Waals surface area contributed by atoms with Gasteiger partial charge in [0.15, 0.2) is 5.78 Å². The van der Waals surface area contributed by atoms with Crippen LogP contribution in [0.15, 0.2) is 54.6 Å². The summed E-state index contributed by atoms with van der Waals surface area (Å²) in [5, 5.41) is 0. The Hall–Kier alpha value is -2.46. The van der Waals surface area contributed by atoms with Crippen LogP contribution in [0.3, 0.4) is 0 Å². The van der Waals surface area contributed by atoms with Gasteiger partial charge >= 0.3 is 5.97 Å². The summed E-state index contributed by atoms with van der Waals surface area (Å²) in [6.45, 7) is 1.69. The van der Waals surface area contributed by atoms with Crippen LogP contribution in [-0.4, -0.2) is 18.4 Å². The molecule has 21 heavy (non-hydrogen) atoms. The molecule has 0 bridgehead atoms. The Morgan fingerprint density at radius 1 is 1.00 bits per heavy atom. The lowest BCUT2D eigenvalue weighted by molar-refractivity contribution is -0.131. The third-order valence-electron chi connectivity index (χ3n) is 2.76. The standard InChI is InChI=1S/C17H16O4/c1-13(18)21-16-9-5-8-15(10-16)17(19)12-20-11-14-6-3-2-4-7-14/h2-10H,11-12H2,1H3. The Kier molecular flexibility index (Phi) is 5.23. The van der Waals surface area contributed by atoms with Crippen LogP contribution in [0.1, 0.15) is 22.8 Å². The van der Waals surface area contributed by atoms with Crippen LogP contribution in [0.5, 0.6) is 5.75 Å². The number of rotatable bonds is 6. The number of ketones is 1. The van der Waals surface area contributed by atoms with E-state index in [-0.39, 0.29) is 12.4 Å². The first-order valence-electron chi connectivity index (χ1n) is 6.58. The number of esters is 1. The number of hydrogen-bond acceptors (Lipinski definition) is 4. The molecule has 0 saturated carbocycles. The molecule has 2 aromatic carbocycles. The zero-order valence-corrected chi connectivity index (χ0v) is 11.7. The van der Waals surface area contributed by atoms with Crippen molar-refractivity contribution < 1.29 is 19.1 Å². The van der Waals surface area contributed by atoms with E-state index in [4.69, 9.17) is 9.47 Å². The number of carbonyl (C=O) groups is 2. The molecule has 0 spiro atoms. The van der Waals surface area contributed by atoms with E-state index in [2.05, 4.69) is 0 Å². The Morgan fingerprint density at radius 3 is 2.48 bits per heavy atom. The van der Waals surface area contributed by atoms with Crippen LogP contribution in [0.2, 0.25) is 0 Å². The third-order valence-corrected chi connectivity index (χ3v) is 2.76. The first-order chi connectivity index (χ1) is 10.1. The molecule has 0 aromatic heterocycles. The minimum atomic E-state index is -0.417. The van der Waals surface area contributed by atoms with Crippen molar-refractivity contribution >= 4 is 11.8 Å². The number of Topliss-reactive ketones (excluding diaryl/α,β-unsaturated/α-hetero) is 1. The third kappa shape index (κ3) is 4.85. The fourth-order valence-electron chi connectivity index (χ4n) is 1.82. The second-order valence-electron chi connectivity index (χ2n) is 4.52. The Labute approximate surface area is 123 Å². The largest absolute Gasteiger partial charge is 0.427 e. The van der Waals surface area contributed by atoms with Crippen molar-refractivity contribution in [3.63, 3.8) is 0 Å². The zero-order valence-electron chi connectivity index (χ0n) is 11.7. The van der Waals surface area contributed by atoms with E-state index in [9.17, 15) is 9.59 Å². The lowest BCUT2D eigenvalue weighted by atomic mass is 10.1. The smallest absolute Gasteiger partial charge is 0.308 e. The van der Waals surface area contributed by atoms with Gasteiger partial charge in [0.2, 0.25) is 0 Å². The molecular formula is C17H16O4. The maximum Gasteiger partial charge on any atom is 0.308 e. The van der Waals surface area contributed by atoms with Gasteiger partial charge in [-0.25, -0.2) is 0 Å². The summed E-state index contributed by atoms with van der Waals surface area (Å²) in [6.07, 6.45) is 0. The molecular weight excluding hydrogens is 268 g/mol. The average Bonchev–Trinajstić information content (AvgIpc) is 2.48. The molecule has 0 N–H and O–H groups in total. The van der Waals surface area contributed by atoms with E-state index < -0.39 is 5.97 Å². The minimum absolute atomic E-state index is 0.0155. The molecule has 2 rings (SSSR count). The normalized spacial score (nSPS) is 10.1. The predicted octanol–water partition coefficient (Wildman–Crippen LogP) is 3.01. The van der Waals surface area contributed by atoms with Crippen molar-refractivity contribution in [2.75, 3.05) is 6.61 Å². The fraction of sp³-hybridized carbons (Fsp3) is 0.176. The highest BCUT2D eigenvalue weighted by Crippen LogP contribution is 2.14. The van der Waals surface area contributed by atoms with Crippen LogP contribution in [0.4, 0.5) is 0 Å². The summed E-state index contributed by atoms with van der Waals surface area (Å²) >= 11 is 0. The van der Waals surface area contributed by atoms with E-state index in [0.717, 1.165) is 5.56 Å². The molecule has 0 fully saturated rings. The van der Waals surface area contributed by atoms with E-state index >= 15 is 0 Å². The molecule has 0 radical (unpaired) electrons. The molecule has 0 amide bonds. The van der Waals surface area contributed by atoms with E-state index in [1.54, 1.807) is 18.2 Å².